The zero-order valence-electron chi connectivity index (χ0n) is 8.50. The molecule has 8 N–H and O–H groups in total. The lowest BCUT2D eigenvalue weighted by molar-refractivity contribution is -0.121. The maximum atomic E-state index is 10.6. The van der Waals surface area contributed by atoms with Gasteiger partial charge in [-0.1, -0.05) is 0 Å². The number of amides is 1. The van der Waals surface area contributed by atoms with Crippen LogP contribution in [0, 0.1) is 0 Å². The number of aliphatic hydroxyl groups is 2. The van der Waals surface area contributed by atoms with Crippen molar-refractivity contribution in [2.24, 2.45) is 5.73 Å². The molecule has 2 unspecified atom stereocenters. The minimum atomic E-state index is -1.29. The van der Waals surface area contributed by atoms with Crippen LogP contribution in [0.5, 0.6) is 0 Å². The van der Waals surface area contributed by atoms with E-state index in [9.17, 15) is 15.0 Å². The van der Waals surface area contributed by atoms with Crippen LogP contribution in [0.2, 0.25) is 0 Å². The molecular weight excluding hydrogens is 212 g/mol. The molecule has 0 fully saturated rings. The summed E-state index contributed by atoms with van der Waals surface area (Å²) in [6.07, 6.45) is -1.63. The minimum absolute atomic E-state index is 0.139. The highest BCUT2D eigenvalue weighted by molar-refractivity contribution is 5.74. The first-order valence-corrected chi connectivity index (χ1v) is 4.57. The van der Waals surface area contributed by atoms with Crippen LogP contribution in [0.4, 0.5) is 11.5 Å². The van der Waals surface area contributed by atoms with Crippen molar-refractivity contribution in [2.75, 3.05) is 11.5 Å². The van der Waals surface area contributed by atoms with E-state index in [-0.39, 0.29) is 23.5 Å². The van der Waals surface area contributed by atoms with Crippen LogP contribution in [-0.2, 0) is 4.79 Å². The number of nitrogens with zero attached hydrogens (tertiary/aromatic N) is 1. The first-order valence-electron chi connectivity index (χ1n) is 4.57. The van der Waals surface area contributed by atoms with Gasteiger partial charge < -0.3 is 27.4 Å². The van der Waals surface area contributed by atoms with Gasteiger partial charge in [-0.15, -0.1) is 0 Å². The normalized spacial score (nSPS) is 14.4. The van der Waals surface area contributed by atoms with E-state index < -0.39 is 18.1 Å². The zero-order valence-corrected chi connectivity index (χ0v) is 8.50. The number of nitrogen functional groups attached to an aromatic ring is 2. The van der Waals surface area contributed by atoms with E-state index in [1.807, 2.05) is 0 Å². The molecule has 0 aliphatic rings. The largest absolute Gasteiger partial charge is 0.396 e. The number of carbonyl (C=O) groups is 1. The van der Waals surface area contributed by atoms with Gasteiger partial charge in [-0.05, 0) is 6.07 Å². The van der Waals surface area contributed by atoms with E-state index >= 15 is 0 Å². The van der Waals surface area contributed by atoms with Gasteiger partial charge in [0.15, 0.2) is 0 Å². The lowest BCUT2D eigenvalue weighted by atomic mass is 10.0. The van der Waals surface area contributed by atoms with Crippen molar-refractivity contribution in [3.8, 4) is 0 Å². The number of aromatic nitrogens is 1. The molecule has 7 nitrogen and oxygen atoms in total. The lowest BCUT2D eigenvalue weighted by Crippen LogP contribution is -2.25. The van der Waals surface area contributed by atoms with Crippen molar-refractivity contribution >= 4 is 17.4 Å². The van der Waals surface area contributed by atoms with Crippen LogP contribution in [0.1, 0.15) is 18.1 Å². The second-order valence-electron chi connectivity index (χ2n) is 3.43. The number of nitrogens with two attached hydrogens (primary N) is 3. The molecular formula is C9H14N4O3. The molecule has 0 bridgehead atoms. The summed E-state index contributed by atoms with van der Waals surface area (Å²) in [4.78, 5) is 14.3. The smallest absolute Gasteiger partial charge is 0.220 e. The van der Waals surface area contributed by atoms with Gasteiger partial charge in [0, 0.05) is 11.8 Å². The predicted octanol–water partition coefficient (Wildman–Crippen LogP) is -1.48. The number of pyridine rings is 1. The van der Waals surface area contributed by atoms with Gasteiger partial charge >= 0.3 is 0 Å². The van der Waals surface area contributed by atoms with Crippen LogP contribution in [0.25, 0.3) is 0 Å². The van der Waals surface area contributed by atoms with Crippen LogP contribution in [-0.4, -0.2) is 27.2 Å². The number of hydrogen-bond donors (Lipinski definition) is 5. The highest BCUT2D eigenvalue weighted by Gasteiger charge is 2.21. The third-order valence-electron chi connectivity index (χ3n) is 2.09. The van der Waals surface area contributed by atoms with Gasteiger partial charge in [0.05, 0.1) is 18.2 Å². The van der Waals surface area contributed by atoms with E-state index in [2.05, 4.69) is 4.98 Å². The number of primary amides is 1. The van der Waals surface area contributed by atoms with Crippen LogP contribution in [0.3, 0.4) is 0 Å². The monoisotopic (exact) mass is 226 g/mol. The van der Waals surface area contributed by atoms with E-state index in [1.54, 1.807) is 0 Å². The van der Waals surface area contributed by atoms with Gasteiger partial charge in [-0.2, -0.15) is 0 Å². The Balaban J connectivity index is 2.83. The van der Waals surface area contributed by atoms with E-state index in [0.717, 1.165) is 0 Å². The molecule has 0 aliphatic carbocycles. The molecule has 7 heteroatoms. The summed E-state index contributed by atoms with van der Waals surface area (Å²) >= 11 is 0. The van der Waals surface area contributed by atoms with Crippen molar-refractivity contribution in [3.05, 3.63) is 17.8 Å². The average molecular weight is 226 g/mol. The van der Waals surface area contributed by atoms with Crippen molar-refractivity contribution in [2.45, 2.75) is 18.6 Å². The Morgan fingerprint density at radius 2 is 2.06 bits per heavy atom. The number of aliphatic hydroxyl groups excluding tert-OH is 2. The van der Waals surface area contributed by atoms with Gasteiger partial charge in [-0.25, -0.2) is 4.98 Å². The summed E-state index contributed by atoms with van der Waals surface area (Å²) in [5, 5.41) is 19.1. The van der Waals surface area contributed by atoms with E-state index in [1.165, 1.54) is 12.3 Å². The molecule has 1 amide bonds. The first-order chi connectivity index (χ1) is 7.41. The number of hydrogen-bond acceptors (Lipinski definition) is 6. The average Bonchev–Trinajstić information content (AvgIpc) is 2.20. The Hall–Kier alpha value is -1.86. The van der Waals surface area contributed by atoms with Gasteiger partial charge in [0.1, 0.15) is 11.9 Å². The van der Waals surface area contributed by atoms with Crippen molar-refractivity contribution in [1.29, 1.82) is 0 Å². The van der Waals surface area contributed by atoms with Gasteiger partial charge in [-0.3, -0.25) is 4.79 Å². The highest BCUT2D eigenvalue weighted by atomic mass is 16.3. The van der Waals surface area contributed by atoms with Crippen LogP contribution < -0.4 is 17.2 Å². The van der Waals surface area contributed by atoms with E-state index in [4.69, 9.17) is 17.2 Å². The molecule has 1 heterocycles. The number of rotatable bonds is 4. The highest BCUT2D eigenvalue weighted by Crippen LogP contribution is 2.22. The summed E-state index contributed by atoms with van der Waals surface area (Å²) in [6, 6.07) is 1.39. The van der Waals surface area contributed by atoms with E-state index in [0.29, 0.717) is 0 Å². The summed E-state index contributed by atoms with van der Waals surface area (Å²) in [6.45, 7) is 0. The molecule has 0 aromatic carbocycles. The summed E-state index contributed by atoms with van der Waals surface area (Å²) in [5.74, 6) is -0.566. The Labute approximate surface area is 91.9 Å². The fourth-order valence-corrected chi connectivity index (χ4v) is 1.21. The molecule has 1 aromatic rings. The molecule has 1 aromatic heterocycles. The molecule has 0 saturated carbocycles. The molecule has 0 saturated heterocycles. The van der Waals surface area contributed by atoms with Crippen molar-refractivity contribution < 1.29 is 15.0 Å². The quantitative estimate of drug-likeness (QED) is 0.422. The Bertz CT molecular complexity index is 396. The summed E-state index contributed by atoms with van der Waals surface area (Å²) in [7, 11) is 0. The Morgan fingerprint density at radius 1 is 1.44 bits per heavy atom. The molecule has 88 valence electrons. The minimum Gasteiger partial charge on any atom is -0.396 e. The Morgan fingerprint density at radius 3 is 2.56 bits per heavy atom. The van der Waals surface area contributed by atoms with Crippen molar-refractivity contribution in [1.82, 2.24) is 4.98 Å². The fraction of sp³-hybridized carbons (Fsp3) is 0.333. The maximum absolute atomic E-state index is 10.6. The third kappa shape index (κ3) is 2.81. The standard InChI is InChI=1S/C9H14N4O3/c10-5-1-4(3-13-9(5)12)8(16)6(14)2-7(11)15/h1,3,6,8,14,16H,2,10H2,(H2,11,15)(H2,12,13). The summed E-state index contributed by atoms with van der Waals surface area (Å²) in [5.41, 5.74) is 16.2. The fourth-order valence-electron chi connectivity index (χ4n) is 1.21. The Kier molecular flexibility index (Phi) is 3.64. The van der Waals surface area contributed by atoms with Gasteiger partial charge in [0.2, 0.25) is 5.91 Å². The topological polar surface area (TPSA) is 148 Å². The molecule has 0 spiro atoms. The maximum Gasteiger partial charge on any atom is 0.220 e. The molecule has 2 atom stereocenters. The SMILES string of the molecule is NC(=O)CC(O)C(O)c1cnc(N)c(N)c1. The van der Waals surface area contributed by atoms with Crippen LogP contribution >= 0.6 is 0 Å². The van der Waals surface area contributed by atoms with Crippen molar-refractivity contribution in [3.63, 3.8) is 0 Å². The number of anilines is 2. The van der Waals surface area contributed by atoms with Gasteiger partial charge in [0.25, 0.3) is 0 Å². The van der Waals surface area contributed by atoms with Crippen LogP contribution in [0.15, 0.2) is 12.3 Å². The summed E-state index contributed by atoms with van der Waals surface area (Å²) < 4.78 is 0. The second-order valence-corrected chi connectivity index (χ2v) is 3.43. The first kappa shape index (κ1) is 12.2. The molecule has 16 heavy (non-hydrogen) atoms. The number of carbonyl (C=O) groups excluding carboxylic acids is 1. The second kappa shape index (κ2) is 4.77. The molecule has 0 aliphatic heterocycles. The molecule has 0 radical (unpaired) electrons. The zero-order chi connectivity index (χ0) is 12.3. The lowest BCUT2D eigenvalue weighted by Gasteiger charge is -2.17. The predicted molar refractivity (Wildman–Crippen MR) is 57.8 cm³/mol. The third-order valence-corrected chi connectivity index (χ3v) is 2.09. The molecule has 1 rings (SSSR count).